The Kier molecular flexibility index (Phi) is 5.70. The van der Waals surface area contributed by atoms with Crippen molar-refractivity contribution < 1.29 is 4.79 Å². The summed E-state index contributed by atoms with van der Waals surface area (Å²) >= 11 is 15.8. The van der Waals surface area contributed by atoms with E-state index in [0.717, 1.165) is 21.4 Å². The first-order chi connectivity index (χ1) is 12.3. The molecule has 0 unspecified atom stereocenters. The maximum Gasteiger partial charge on any atom is 0.247 e. The molecular weight excluding hydrogens is 441 g/mol. The molecule has 0 saturated heterocycles. The number of carbonyl (C=O) groups excluding carboxylic acids is 1. The highest BCUT2D eigenvalue weighted by Gasteiger charge is 2.13. The second-order valence-electron chi connectivity index (χ2n) is 5.79. The maximum atomic E-state index is 12.3. The zero-order valence-corrected chi connectivity index (χ0v) is 17.2. The van der Waals surface area contributed by atoms with Crippen LogP contribution in [-0.2, 0) is 17.9 Å². The van der Waals surface area contributed by atoms with Crippen LogP contribution in [0.2, 0.25) is 10.0 Å². The van der Waals surface area contributed by atoms with E-state index in [4.69, 9.17) is 23.2 Å². The number of anilines is 1. The molecule has 26 heavy (non-hydrogen) atoms. The maximum absolute atomic E-state index is 12.3. The van der Waals surface area contributed by atoms with E-state index < -0.39 is 0 Å². The molecule has 6 nitrogen and oxygen atoms in total. The molecule has 2 aromatic heterocycles. The van der Waals surface area contributed by atoms with Gasteiger partial charge < -0.3 is 5.32 Å². The van der Waals surface area contributed by atoms with Crippen LogP contribution in [0.4, 0.5) is 5.82 Å². The molecule has 136 valence electrons. The summed E-state index contributed by atoms with van der Waals surface area (Å²) in [5, 5.41) is 12.6. The van der Waals surface area contributed by atoms with Gasteiger partial charge >= 0.3 is 0 Å². The molecule has 0 atom stereocenters. The number of halogens is 3. The highest BCUT2D eigenvalue weighted by molar-refractivity contribution is 9.10. The van der Waals surface area contributed by atoms with E-state index in [1.165, 1.54) is 0 Å². The Bertz CT molecular complexity index is 946. The van der Waals surface area contributed by atoms with Crippen LogP contribution in [0.3, 0.4) is 0 Å². The molecule has 1 amide bonds. The van der Waals surface area contributed by atoms with Crippen molar-refractivity contribution in [1.29, 1.82) is 0 Å². The molecule has 1 N–H and O–H groups in total. The molecule has 3 rings (SSSR count). The van der Waals surface area contributed by atoms with E-state index in [2.05, 4.69) is 31.4 Å². The average Bonchev–Trinajstić information content (AvgIpc) is 3.11. The molecule has 0 aliphatic carbocycles. The van der Waals surface area contributed by atoms with Gasteiger partial charge in [-0.15, -0.1) is 0 Å². The molecule has 9 heteroatoms. The van der Waals surface area contributed by atoms with Crippen molar-refractivity contribution in [3.8, 4) is 0 Å². The van der Waals surface area contributed by atoms with Crippen LogP contribution in [0.25, 0.3) is 0 Å². The first-order valence-corrected chi connectivity index (χ1v) is 9.35. The van der Waals surface area contributed by atoms with Crippen molar-refractivity contribution in [2.45, 2.75) is 26.9 Å². The molecule has 1 aromatic carbocycles. The molecular formula is C17H16BrCl2N5O. The summed E-state index contributed by atoms with van der Waals surface area (Å²) in [7, 11) is 0. The number of rotatable bonds is 5. The van der Waals surface area contributed by atoms with Gasteiger partial charge in [0.05, 0.1) is 22.4 Å². The number of hydrogen-bond donors (Lipinski definition) is 1. The largest absolute Gasteiger partial charge is 0.308 e. The minimum Gasteiger partial charge on any atom is -0.308 e. The van der Waals surface area contributed by atoms with Crippen molar-refractivity contribution in [1.82, 2.24) is 19.6 Å². The van der Waals surface area contributed by atoms with Crippen LogP contribution >= 0.6 is 39.1 Å². The zero-order valence-electron chi connectivity index (χ0n) is 14.1. The quantitative estimate of drug-likeness (QED) is 0.616. The van der Waals surface area contributed by atoms with Gasteiger partial charge in [-0.3, -0.25) is 14.2 Å². The smallest absolute Gasteiger partial charge is 0.247 e. The summed E-state index contributed by atoms with van der Waals surface area (Å²) in [4.78, 5) is 12.3. The Morgan fingerprint density at radius 1 is 1.19 bits per heavy atom. The Balaban J connectivity index is 1.66. The molecule has 2 heterocycles. The second-order valence-corrected chi connectivity index (χ2v) is 7.40. The lowest BCUT2D eigenvalue weighted by Gasteiger charge is -2.07. The number of amides is 1. The van der Waals surface area contributed by atoms with E-state index in [1.54, 1.807) is 39.8 Å². The summed E-state index contributed by atoms with van der Waals surface area (Å²) in [5.74, 6) is 0.253. The zero-order chi connectivity index (χ0) is 18.8. The molecule has 0 bridgehead atoms. The number of benzene rings is 1. The average molecular weight is 457 g/mol. The highest BCUT2D eigenvalue weighted by atomic mass is 79.9. The summed E-state index contributed by atoms with van der Waals surface area (Å²) in [6, 6.07) is 7.07. The molecule has 0 aliphatic heterocycles. The molecule has 3 aromatic rings. The summed E-state index contributed by atoms with van der Waals surface area (Å²) in [6.45, 7) is 4.31. The van der Waals surface area contributed by atoms with Gasteiger partial charge in [0.15, 0.2) is 5.82 Å². The van der Waals surface area contributed by atoms with E-state index in [-0.39, 0.29) is 12.5 Å². The number of aromatic nitrogens is 4. The van der Waals surface area contributed by atoms with Crippen molar-refractivity contribution >= 4 is 50.9 Å². The third-order valence-electron chi connectivity index (χ3n) is 3.88. The van der Waals surface area contributed by atoms with Gasteiger partial charge in [0, 0.05) is 27.9 Å². The molecule has 0 radical (unpaired) electrons. The summed E-state index contributed by atoms with van der Waals surface area (Å²) < 4.78 is 4.23. The van der Waals surface area contributed by atoms with Crippen molar-refractivity contribution in [3.05, 3.63) is 61.9 Å². The number of aryl methyl sites for hydroxylation is 1. The van der Waals surface area contributed by atoms with Crippen molar-refractivity contribution in [2.75, 3.05) is 5.32 Å². The monoisotopic (exact) mass is 455 g/mol. The lowest BCUT2D eigenvalue weighted by molar-refractivity contribution is -0.117. The topological polar surface area (TPSA) is 64.7 Å². The fourth-order valence-corrected chi connectivity index (χ4v) is 3.31. The lowest BCUT2D eigenvalue weighted by Crippen LogP contribution is -2.20. The van der Waals surface area contributed by atoms with Crippen LogP contribution in [0, 0.1) is 13.8 Å². The first-order valence-electron chi connectivity index (χ1n) is 7.81. The SMILES string of the molecule is Cc1nn(CC(=O)Nc2ccn(Cc3c(Cl)cccc3Cl)n2)c(C)c1Br. The van der Waals surface area contributed by atoms with Gasteiger partial charge in [-0.05, 0) is 41.9 Å². The lowest BCUT2D eigenvalue weighted by atomic mass is 10.2. The highest BCUT2D eigenvalue weighted by Crippen LogP contribution is 2.25. The van der Waals surface area contributed by atoms with Gasteiger partial charge in [-0.2, -0.15) is 10.2 Å². The van der Waals surface area contributed by atoms with Gasteiger partial charge in [0.1, 0.15) is 6.54 Å². The van der Waals surface area contributed by atoms with Crippen LogP contribution < -0.4 is 5.32 Å². The van der Waals surface area contributed by atoms with Gasteiger partial charge in [0.25, 0.3) is 0 Å². The fourth-order valence-electron chi connectivity index (χ4n) is 2.51. The minimum atomic E-state index is -0.205. The standard InChI is InChI=1S/C17H16BrCl2N5O/c1-10-17(18)11(2)25(22-10)9-16(26)21-15-6-7-24(23-15)8-12-13(19)4-3-5-14(12)20/h3-7H,8-9H2,1-2H3,(H,21,23,26). The third-order valence-corrected chi connectivity index (χ3v) is 5.73. The predicted molar refractivity (Wildman–Crippen MR) is 106 cm³/mol. The molecule has 0 aliphatic rings. The van der Waals surface area contributed by atoms with Crippen LogP contribution in [-0.4, -0.2) is 25.5 Å². The predicted octanol–water partition coefficient (Wildman–Crippen LogP) is 4.45. The fraction of sp³-hybridized carbons (Fsp3) is 0.235. The van der Waals surface area contributed by atoms with Crippen LogP contribution in [0.5, 0.6) is 0 Å². The van der Waals surface area contributed by atoms with Gasteiger partial charge in [0.2, 0.25) is 5.91 Å². The van der Waals surface area contributed by atoms with Gasteiger partial charge in [-0.1, -0.05) is 29.3 Å². The molecule has 0 spiro atoms. The number of carbonyl (C=O) groups is 1. The van der Waals surface area contributed by atoms with E-state index >= 15 is 0 Å². The Hall–Kier alpha value is -1.83. The Morgan fingerprint density at radius 3 is 2.50 bits per heavy atom. The Labute approximate surface area is 169 Å². The van der Waals surface area contributed by atoms with E-state index in [1.807, 2.05) is 13.8 Å². The van der Waals surface area contributed by atoms with Crippen molar-refractivity contribution in [2.24, 2.45) is 0 Å². The summed E-state index contributed by atoms with van der Waals surface area (Å²) in [6.07, 6.45) is 1.76. The van der Waals surface area contributed by atoms with E-state index in [9.17, 15) is 4.79 Å². The summed E-state index contributed by atoms with van der Waals surface area (Å²) in [5.41, 5.74) is 2.53. The van der Waals surface area contributed by atoms with Gasteiger partial charge in [-0.25, -0.2) is 0 Å². The number of nitrogens with one attached hydrogen (secondary N) is 1. The molecule has 0 saturated carbocycles. The third kappa shape index (κ3) is 4.11. The molecule has 0 fully saturated rings. The number of hydrogen-bond acceptors (Lipinski definition) is 3. The normalized spacial score (nSPS) is 11.0. The van der Waals surface area contributed by atoms with Crippen molar-refractivity contribution in [3.63, 3.8) is 0 Å². The van der Waals surface area contributed by atoms with E-state index in [0.29, 0.717) is 22.4 Å². The minimum absolute atomic E-state index is 0.113. The first kappa shape index (κ1) is 18.9. The number of nitrogens with zero attached hydrogens (tertiary/aromatic N) is 4. The second kappa shape index (κ2) is 7.82. The Morgan fingerprint density at radius 2 is 1.88 bits per heavy atom. The van der Waals surface area contributed by atoms with Crippen LogP contribution in [0.1, 0.15) is 17.0 Å². The van der Waals surface area contributed by atoms with Crippen LogP contribution in [0.15, 0.2) is 34.9 Å².